The number of carbonyl (C=O) groups excluding carboxylic acids is 2. The summed E-state index contributed by atoms with van der Waals surface area (Å²) in [7, 11) is 1.35. The van der Waals surface area contributed by atoms with Crippen LogP contribution in [-0.2, 0) is 14.3 Å². The molecule has 2 atom stereocenters. The zero-order valence-electron chi connectivity index (χ0n) is 8.16. The molecule has 4 nitrogen and oxygen atoms in total. The number of carbonyl (C=O) groups is 2. The van der Waals surface area contributed by atoms with Crippen molar-refractivity contribution in [3.05, 3.63) is 0 Å². The van der Waals surface area contributed by atoms with Crippen LogP contribution in [-0.4, -0.2) is 25.0 Å². The summed E-state index contributed by atoms with van der Waals surface area (Å²) in [6, 6.07) is -0.0695. The molecule has 0 aromatic rings. The van der Waals surface area contributed by atoms with Crippen LogP contribution in [0.3, 0.4) is 0 Å². The Balaban J connectivity index is 2.71. The summed E-state index contributed by atoms with van der Waals surface area (Å²) in [4.78, 5) is 22.3. The molecule has 1 N–H and O–H groups in total. The molecule has 1 aliphatic heterocycles. The van der Waals surface area contributed by atoms with E-state index in [2.05, 4.69) is 10.1 Å². The summed E-state index contributed by atoms with van der Waals surface area (Å²) in [6.45, 7) is 3.96. The molecule has 1 rings (SSSR count). The molecular weight excluding hydrogens is 170 g/mol. The highest BCUT2D eigenvalue weighted by Crippen LogP contribution is 2.23. The van der Waals surface area contributed by atoms with Gasteiger partial charge in [0.25, 0.3) is 0 Å². The van der Waals surface area contributed by atoms with Crippen molar-refractivity contribution in [1.82, 2.24) is 5.32 Å². The summed E-state index contributed by atoms with van der Waals surface area (Å²) in [5.74, 6) is -0.404. The van der Waals surface area contributed by atoms with Crippen LogP contribution in [0, 0.1) is 11.8 Å². The minimum absolute atomic E-state index is 0.0610. The Bertz CT molecular complexity index is 225. The molecule has 4 heteroatoms. The van der Waals surface area contributed by atoms with Crippen molar-refractivity contribution in [2.75, 3.05) is 7.11 Å². The molecule has 1 fully saturated rings. The molecule has 0 unspecified atom stereocenters. The summed E-state index contributed by atoms with van der Waals surface area (Å²) in [5.41, 5.74) is 0. The number of methoxy groups -OCH3 is 1. The first kappa shape index (κ1) is 10.0. The van der Waals surface area contributed by atoms with Crippen LogP contribution in [0.1, 0.15) is 20.3 Å². The number of hydrogen-bond acceptors (Lipinski definition) is 3. The lowest BCUT2D eigenvalue weighted by Crippen LogP contribution is -2.37. The van der Waals surface area contributed by atoms with E-state index in [9.17, 15) is 9.59 Å². The molecular formula is C9H15NO3. The van der Waals surface area contributed by atoms with Gasteiger partial charge in [-0.05, 0) is 5.92 Å². The van der Waals surface area contributed by atoms with Crippen LogP contribution < -0.4 is 5.32 Å². The zero-order chi connectivity index (χ0) is 10.0. The number of hydrogen-bond donors (Lipinski definition) is 1. The Kier molecular flexibility index (Phi) is 2.90. The third-order valence-corrected chi connectivity index (χ3v) is 2.39. The van der Waals surface area contributed by atoms with Crippen LogP contribution in [0.2, 0.25) is 0 Å². The first-order valence-corrected chi connectivity index (χ1v) is 4.43. The molecule has 1 aliphatic rings. The van der Waals surface area contributed by atoms with E-state index in [1.807, 2.05) is 13.8 Å². The van der Waals surface area contributed by atoms with Gasteiger partial charge in [0.15, 0.2) is 0 Å². The average molecular weight is 185 g/mol. The molecule has 0 aromatic heterocycles. The summed E-state index contributed by atoms with van der Waals surface area (Å²) < 4.78 is 4.63. The quantitative estimate of drug-likeness (QED) is 0.630. The third-order valence-electron chi connectivity index (χ3n) is 2.39. The van der Waals surface area contributed by atoms with E-state index in [0.717, 1.165) is 0 Å². The van der Waals surface area contributed by atoms with Crippen LogP contribution in [0.15, 0.2) is 0 Å². The molecule has 1 saturated heterocycles. The van der Waals surface area contributed by atoms with Gasteiger partial charge < -0.3 is 10.1 Å². The first-order chi connectivity index (χ1) is 6.06. The van der Waals surface area contributed by atoms with Crippen molar-refractivity contribution in [2.24, 2.45) is 11.8 Å². The third kappa shape index (κ3) is 1.99. The smallest absolute Gasteiger partial charge is 0.311 e. The SMILES string of the molecule is COC(=O)[C@H]1CC(=O)N[C@@H]1C(C)C. The van der Waals surface area contributed by atoms with Crippen LogP contribution in [0.5, 0.6) is 0 Å². The minimum atomic E-state index is -0.308. The lowest BCUT2D eigenvalue weighted by Gasteiger charge is -2.20. The van der Waals surface area contributed by atoms with Gasteiger partial charge in [0.05, 0.1) is 13.0 Å². The molecule has 1 heterocycles. The topological polar surface area (TPSA) is 55.4 Å². The fraction of sp³-hybridized carbons (Fsp3) is 0.778. The Morgan fingerprint density at radius 3 is 2.69 bits per heavy atom. The molecule has 0 spiro atoms. The molecule has 0 aliphatic carbocycles. The maximum absolute atomic E-state index is 11.3. The van der Waals surface area contributed by atoms with Gasteiger partial charge in [-0.2, -0.15) is 0 Å². The molecule has 0 aromatic carbocycles. The average Bonchev–Trinajstić information content (AvgIpc) is 2.46. The number of rotatable bonds is 2. The first-order valence-electron chi connectivity index (χ1n) is 4.43. The van der Waals surface area contributed by atoms with E-state index < -0.39 is 0 Å². The second kappa shape index (κ2) is 3.77. The molecule has 1 amide bonds. The Morgan fingerprint density at radius 2 is 2.23 bits per heavy atom. The molecule has 0 saturated carbocycles. The van der Waals surface area contributed by atoms with Crippen molar-refractivity contribution in [2.45, 2.75) is 26.3 Å². The van der Waals surface area contributed by atoms with E-state index in [1.165, 1.54) is 7.11 Å². The number of esters is 1. The fourth-order valence-electron chi connectivity index (χ4n) is 1.68. The largest absolute Gasteiger partial charge is 0.469 e. The Morgan fingerprint density at radius 1 is 1.62 bits per heavy atom. The van der Waals surface area contributed by atoms with Gasteiger partial charge in [-0.25, -0.2) is 0 Å². The second-order valence-electron chi connectivity index (χ2n) is 3.67. The monoisotopic (exact) mass is 185 g/mol. The highest BCUT2D eigenvalue weighted by molar-refractivity contribution is 5.87. The lowest BCUT2D eigenvalue weighted by molar-refractivity contribution is -0.146. The van der Waals surface area contributed by atoms with Crippen LogP contribution in [0.4, 0.5) is 0 Å². The van der Waals surface area contributed by atoms with Crippen molar-refractivity contribution < 1.29 is 14.3 Å². The highest BCUT2D eigenvalue weighted by atomic mass is 16.5. The standard InChI is InChI=1S/C9H15NO3/c1-5(2)8-6(9(12)13-3)4-7(11)10-8/h5-6,8H,4H2,1-3H3,(H,10,11)/t6-,8+/m0/s1. The van der Waals surface area contributed by atoms with Crippen molar-refractivity contribution in [3.8, 4) is 0 Å². The maximum Gasteiger partial charge on any atom is 0.311 e. The fourth-order valence-corrected chi connectivity index (χ4v) is 1.68. The molecule has 0 radical (unpaired) electrons. The molecule has 74 valence electrons. The molecule has 0 bridgehead atoms. The predicted molar refractivity (Wildman–Crippen MR) is 46.9 cm³/mol. The summed E-state index contributed by atoms with van der Waals surface area (Å²) in [5, 5.41) is 2.78. The number of ether oxygens (including phenoxy) is 1. The van der Waals surface area contributed by atoms with Gasteiger partial charge in [-0.15, -0.1) is 0 Å². The second-order valence-corrected chi connectivity index (χ2v) is 3.67. The number of nitrogens with one attached hydrogen (secondary N) is 1. The van der Waals surface area contributed by atoms with Crippen molar-refractivity contribution in [1.29, 1.82) is 0 Å². The lowest BCUT2D eigenvalue weighted by atomic mass is 9.92. The van der Waals surface area contributed by atoms with Gasteiger partial charge in [-0.1, -0.05) is 13.8 Å². The Hall–Kier alpha value is -1.06. The highest BCUT2D eigenvalue weighted by Gasteiger charge is 2.39. The molecule has 13 heavy (non-hydrogen) atoms. The zero-order valence-corrected chi connectivity index (χ0v) is 8.16. The van der Waals surface area contributed by atoms with E-state index in [1.54, 1.807) is 0 Å². The van der Waals surface area contributed by atoms with E-state index >= 15 is 0 Å². The predicted octanol–water partition coefficient (Wildman–Crippen LogP) is 0.320. The van der Waals surface area contributed by atoms with Crippen LogP contribution in [0.25, 0.3) is 0 Å². The normalized spacial score (nSPS) is 27.5. The summed E-state index contributed by atoms with van der Waals surface area (Å²) >= 11 is 0. The maximum atomic E-state index is 11.3. The van der Waals surface area contributed by atoms with E-state index in [4.69, 9.17) is 0 Å². The van der Waals surface area contributed by atoms with Gasteiger partial charge in [-0.3, -0.25) is 9.59 Å². The summed E-state index contributed by atoms with van der Waals surface area (Å²) in [6.07, 6.45) is 0.259. The van der Waals surface area contributed by atoms with Gasteiger partial charge in [0, 0.05) is 12.5 Å². The van der Waals surface area contributed by atoms with E-state index in [-0.39, 0.29) is 36.2 Å². The Labute approximate surface area is 77.6 Å². The van der Waals surface area contributed by atoms with Crippen LogP contribution >= 0.6 is 0 Å². The number of amides is 1. The van der Waals surface area contributed by atoms with Gasteiger partial charge in [0.1, 0.15) is 0 Å². The minimum Gasteiger partial charge on any atom is -0.469 e. The van der Waals surface area contributed by atoms with Gasteiger partial charge in [0.2, 0.25) is 5.91 Å². The van der Waals surface area contributed by atoms with Crippen molar-refractivity contribution in [3.63, 3.8) is 0 Å². The van der Waals surface area contributed by atoms with E-state index in [0.29, 0.717) is 0 Å². The van der Waals surface area contributed by atoms with Crippen molar-refractivity contribution >= 4 is 11.9 Å². The van der Waals surface area contributed by atoms with Gasteiger partial charge >= 0.3 is 5.97 Å².